The Hall–Kier alpha value is -1.26. The first kappa shape index (κ1) is 15.1. The maximum Gasteiger partial charge on any atom is 0.268 e. The Morgan fingerprint density at radius 2 is 2.00 bits per heavy atom. The van der Waals surface area contributed by atoms with Gasteiger partial charge in [0.05, 0.1) is 5.02 Å². The molecule has 1 amide bonds. The van der Waals surface area contributed by atoms with E-state index >= 15 is 0 Å². The Balaban J connectivity index is 2.07. The number of nitrogens with one attached hydrogen (secondary N) is 1. The monoisotopic (exact) mass is 354 g/mol. The van der Waals surface area contributed by atoms with E-state index in [9.17, 15) is 4.79 Å². The molecule has 0 atom stereocenters. The van der Waals surface area contributed by atoms with E-state index in [2.05, 4.69) is 21.2 Å². The number of aromatic nitrogens is 1. The first-order valence-electron chi connectivity index (χ1n) is 6.37. The minimum Gasteiger partial charge on any atom is -0.347 e. The molecule has 0 bridgehead atoms. The first-order chi connectivity index (χ1) is 9.47. The largest absolute Gasteiger partial charge is 0.347 e. The Morgan fingerprint density at radius 1 is 1.35 bits per heavy atom. The van der Waals surface area contributed by atoms with Crippen LogP contribution in [0.4, 0.5) is 0 Å². The van der Waals surface area contributed by atoms with Crippen molar-refractivity contribution < 1.29 is 4.79 Å². The SMILES string of the molecule is CC(C)n1cc(Cl)cc1C(=O)NCc1ccc(Br)cc1. The molecule has 2 rings (SSSR count). The third-order valence-electron chi connectivity index (χ3n) is 2.97. The molecule has 0 spiro atoms. The third kappa shape index (κ3) is 3.64. The summed E-state index contributed by atoms with van der Waals surface area (Å²) in [7, 11) is 0. The number of halogens is 2. The minimum atomic E-state index is -0.117. The number of carbonyl (C=O) groups is 1. The van der Waals surface area contributed by atoms with Gasteiger partial charge in [-0.15, -0.1) is 0 Å². The third-order valence-corrected chi connectivity index (χ3v) is 3.71. The lowest BCUT2D eigenvalue weighted by atomic mass is 10.2. The molecule has 0 unspecified atom stereocenters. The fraction of sp³-hybridized carbons (Fsp3) is 0.267. The van der Waals surface area contributed by atoms with Gasteiger partial charge >= 0.3 is 0 Å². The summed E-state index contributed by atoms with van der Waals surface area (Å²) >= 11 is 9.37. The average molecular weight is 356 g/mol. The fourth-order valence-corrected chi connectivity index (χ4v) is 2.40. The molecule has 1 aromatic carbocycles. The van der Waals surface area contributed by atoms with Crippen molar-refractivity contribution in [2.24, 2.45) is 0 Å². The van der Waals surface area contributed by atoms with Crippen LogP contribution in [0.3, 0.4) is 0 Å². The Kier molecular flexibility index (Phi) is 4.89. The molecule has 20 heavy (non-hydrogen) atoms. The van der Waals surface area contributed by atoms with Gasteiger partial charge in [0, 0.05) is 23.3 Å². The van der Waals surface area contributed by atoms with Crippen LogP contribution in [0.2, 0.25) is 5.02 Å². The summed E-state index contributed by atoms with van der Waals surface area (Å²) in [6.07, 6.45) is 1.78. The predicted molar refractivity (Wildman–Crippen MR) is 85.1 cm³/mol. The molecule has 0 aliphatic carbocycles. The molecule has 1 heterocycles. The maximum absolute atomic E-state index is 12.2. The molecule has 0 aliphatic rings. The smallest absolute Gasteiger partial charge is 0.268 e. The molecule has 5 heteroatoms. The lowest BCUT2D eigenvalue weighted by Gasteiger charge is -2.12. The second-order valence-electron chi connectivity index (χ2n) is 4.85. The van der Waals surface area contributed by atoms with Gasteiger partial charge in [-0.3, -0.25) is 4.79 Å². The van der Waals surface area contributed by atoms with E-state index in [1.165, 1.54) is 0 Å². The molecular formula is C15H16BrClN2O. The number of amides is 1. The fourth-order valence-electron chi connectivity index (χ4n) is 1.93. The number of carbonyl (C=O) groups excluding carboxylic acids is 1. The summed E-state index contributed by atoms with van der Waals surface area (Å²) in [6, 6.07) is 9.73. The Morgan fingerprint density at radius 3 is 2.60 bits per heavy atom. The highest BCUT2D eigenvalue weighted by Crippen LogP contribution is 2.19. The molecule has 0 fully saturated rings. The zero-order chi connectivity index (χ0) is 14.7. The van der Waals surface area contributed by atoms with Crippen LogP contribution in [-0.4, -0.2) is 10.5 Å². The van der Waals surface area contributed by atoms with Crippen LogP contribution < -0.4 is 5.32 Å². The maximum atomic E-state index is 12.2. The molecule has 0 saturated heterocycles. The van der Waals surface area contributed by atoms with Crippen LogP contribution in [0.1, 0.15) is 35.9 Å². The summed E-state index contributed by atoms with van der Waals surface area (Å²) in [5.74, 6) is -0.117. The average Bonchev–Trinajstić information content (AvgIpc) is 2.80. The predicted octanol–water partition coefficient (Wildman–Crippen LogP) is 4.41. The van der Waals surface area contributed by atoms with Gasteiger partial charge in [-0.05, 0) is 37.6 Å². The van der Waals surface area contributed by atoms with Crippen molar-refractivity contribution >= 4 is 33.4 Å². The van der Waals surface area contributed by atoms with Crippen molar-refractivity contribution in [2.75, 3.05) is 0 Å². The van der Waals surface area contributed by atoms with Gasteiger partial charge < -0.3 is 9.88 Å². The van der Waals surface area contributed by atoms with Crippen LogP contribution in [0.25, 0.3) is 0 Å². The lowest BCUT2D eigenvalue weighted by molar-refractivity contribution is 0.0940. The van der Waals surface area contributed by atoms with E-state index in [0.717, 1.165) is 10.0 Å². The van der Waals surface area contributed by atoms with Crippen LogP contribution in [0, 0.1) is 0 Å². The second-order valence-corrected chi connectivity index (χ2v) is 6.21. The molecule has 0 aliphatic heterocycles. The summed E-state index contributed by atoms with van der Waals surface area (Å²) in [5.41, 5.74) is 1.64. The second kappa shape index (κ2) is 6.46. The van der Waals surface area contributed by atoms with Gasteiger partial charge in [0.15, 0.2) is 0 Å². The van der Waals surface area contributed by atoms with E-state index in [4.69, 9.17) is 11.6 Å². The zero-order valence-corrected chi connectivity index (χ0v) is 13.7. The van der Waals surface area contributed by atoms with E-state index in [-0.39, 0.29) is 11.9 Å². The van der Waals surface area contributed by atoms with Gasteiger partial charge in [0.25, 0.3) is 5.91 Å². The molecule has 0 saturated carbocycles. The number of rotatable bonds is 4. The Labute approximate surface area is 132 Å². The highest BCUT2D eigenvalue weighted by atomic mass is 79.9. The molecule has 1 aromatic heterocycles. The van der Waals surface area contributed by atoms with Crippen LogP contribution in [-0.2, 0) is 6.54 Å². The standard InChI is InChI=1S/C15H16BrClN2O/c1-10(2)19-9-13(17)7-14(19)15(20)18-8-11-3-5-12(16)6-4-11/h3-7,9-10H,8H2,1-2H3,(H,18,20). The molecule has 3 nitrogen and oxygen atoms in total. The summed E-state index contributed by atoms with van der Waals surface area (Å²) in [5, 5.41) is 3.49. The Bertz CT molecular complexity index is 605. The van der Waals surface area contributed by atoms with Crippen molar-refractivity contribution in [3.63, 3.8) is 0 Å². The van der Waals surface area contributed by atoms with E-state index < -0.39 is 0 Å². The number of hydrogen-bond acceptors (Lipinski definition) is 1. The number of hydrogen-bond donors (Lipinski definition) is 1. The van der Waals surface area contributed by atoms with Crippen LogP contribution >= 0.6 is 27.5 Å². The highest BCUT2D eigenvalue weighted by Gasteiger charge is 2.14. The molecule has 1 N–H and O–H groups in total. The summed E-state index contributed by atoms with van der Waals surface area (Å²) in [4.78, 5) is 12.2. The van der Waals surface area contributed by atoms with Crippen molar-refractivity contribution in [1.82, 2.24) is 9.88 Å². The molecule has 106 valence electrons. The quantitative estimate of drug-likeness (QED) is 0.865. The van der Waals surface area contributed by atoms with E-state index in [1.807, 2.05) is 42.7 Å². The van der Waals surface area contributed by atoms with Crippen LogP contribution in [0.15, 0.2) is 41.0 Å². The van der Waals surface area contributed by atoms with Crippen molar-refractivity contribution in [1.29, 1.82) is 0 Å². The summed E-state index contributed by atoms with van der Waals surface area (Å²) in [6.45, 7) is 4.52. The number of nitrogens with zero attached hydrogens (tertiary/aromatic N) is 1. The molecule has 2 aromatic rings. The van der Waals surface area contributed by atoms with E-state index in [1.54, 1.807) is 12.3 Å². The van der Waals surface area contributed by atoms with Gasteiger partial charge in [-0.1, -0.05) is 39.7 Å². The molecule has 0 radical (unpaired) electrons. The van der Waals surface area contributed by atoms with Gasteiger partial charge in [-0.25, -0.2) is 0 Å². The topological polar surface area (TPSA) is 34.0 Å². The number of benzene rings is 1. The zero-order valence-electron chi connectivity index (χ0n) is 11.4. The van der Waals surface area contributed by atoms with Gasteiger partial charge in [0.1, 0.15) is 5.69 Å². The lowest BCUT2D eigenvalue weighted by Crippen LogP contribution is -2.25. The first-order valence-corrected chi connectivity index (χ1v) is 7.54. The van der Waals surface area contributed by atoms with Crippen molar-refractivity contribution in [3.8, 4) is 0 Å². The van der Waals surface area contributed by atoms with Crippen molar-refractivity contribution in [3.05, 3.63) is 57.3 Å². The highest BCUT2D eigenvalue weighted by molar-refractivity contribution is 9.10. The van der Waals surface area contributed by atoms with Crippen LogP contribution in [0.5, 0.6) is 0 Å². The van der Waals surface area contributed by atoms with Gasteiger partial charge in [-0.2, -0.15) is 0 Å². The van der Waals surface area contributed by atoms with E-state index in [0.29, 0.717) is 17.3 Å². The summed E-state index contributed by atoms with van der Waals surface area (Å²) < 4.78 is 2.90. The minimum absolute atomic E-state index is 0.117. The van der Waals surface area contributed by atoms with Crippen molar-refractivity contribution in [2.45, 2.75) is 26.4 Å². The molecular weight excluding hydrogens is 340 g/mol. The normalized spacial score (nSPS) is 10.8. The van der Waals surface area contributed by atoms with Gasteiger partial charge in [0.2, 0.25) is 0 Å².